The summed E-state index contributed by atoms with van der Waals surface area (Å²) >= 11 is 0. The quantitative estimate of drug-likeness (QED) is 0.732. The fourth-order valence-electron chi connectivity index (χ4n) is 2.67. The van der Waals surface area contributed by atoms with Crippen molar-refractivity contribution in [3.63, 3.8) is 0 Å². The first-order valence-electron chi connectivity index (χ1n) is 8.30. The van der Waals surface area contributed by atoms with Crippen molar-refractivity contribution in [1.29, 1.82) is 0 Å². The minimum atomic E-state index is -2.94. The molecule has 0 saturated carbocycles. The summed E-state index contributed by atoms with van der Waals surface area (Å²) < 4.78 is 28.1. The monoisotopic (exact) mass is 354 g/mol. The van der Waals surface area contributed by atoms with Crippen molar-refractivity contribution in [2.75, 3.05) is 51.3 Å². The zero-order chi connectivity index (χ0) is 17.4. The molecular formula is C17H26N2O4S. The van der Waals surface area contributed by atoms with E-state index >= 15 is 0 Å². The predicted octanol–water partition coefficient (Wildman–Crippen LogP) is 1.03. The second-order valence-corrected chi connectivity index (χ2v) is 8.38. The number of amides is 1. The summed E-state index contributed by atoms with van der Waals surface area (Å²) in [5.41, 5.74) is 0. The molecule has 2 rings (SSSR count). The summed E-state index contributed by atoms with van der Waals surface area (Å²) in [6.07, 6.45) is 2.49. The number of nitrogens with zero attached hydrogens (tertiary/aromatic N) is 2. The van der Waals surface area contributed by atoms with Gasteiger partial charge in [-0.3, -0.25) is 4.79 Å². The van der Waals surface area contributed by atoms with Crippen LogP contribution < -0.4 is 4.74 Å². The van der Waals surface area contributed by atoms with E-state index in [0.717, 1.165) is 31.8 Å². The highest BCUT2D eigenvalue weighted by molar-refractivity contribution is 7.90. The molecule has 7 heteroatoms. The lowest BCUT2D eigenvalue weighted by Crippen LogP contribution is -2.36. The summed E-state index contributed by atoms with van der Waals surface area (Å²) in [7, 11) is -2.94. The Balaban J connectivity index is 1.71. The fraction of sp³-hybridized carbons (Fsp3) is 0.588. The van der Waals surface area contributed by atoms with Crippen LogP contribution >= 0.6 is 0 Å². The number of carbonyl (C=O) groups is 1. The Morgan fingerprint density at radius 2 is 1.88 bits per heavy atom. The van der Waals surface area contributed by atoms with Gasteiger partial charge >= 0.3 is 0 Å². The Morgan fingerprint density at radius 3 is 2.58 bits per heavy atom. The van der Waals surface area contributed by atoms with Crippen LogP contribution in [0.4, 0.5) is 0 Å². The van der Waals surface area contributed by atoms with Gasteiger partial charge in [0.05, 0.1) is 18.8 Å². The summed E-state index contributed by atoms with van der Waals surface area (Å²) in [5.74, 6) is 1.04. The van der Waals surface area contributed by atoms with E-state index in [0.29, 0.717) is 26.1 Å². The number of benzene rings is 1. The molecule has 0 bridgehead atoms. The van der Waals surface area contributed by atoms with E-state index in [-0.39, 0.29) is 11.7 Å². The smallest absolute Gasteiger partial charge is 0.226 e. The van der Waals surface area contributed by atoms with Crippen molar-refractivity contribution in [2.24, 2.45) is 0 Å². The van der Waals surface area contributed by atoms with Crippen molar-refractivity contribution in [1.82, 2.24) is 9.80 Å². The molecule has 0 spiro atoms. The normalized spacial score (nSPS) is 16.6. The van der Waals surface area contributed by atoms with E-state index in [9.17, 15) is 13.2 Å². The molecule has 1 aliphatic rings. The van der Waals surface area contributed by atoms with E-state index in [1.165, 1.54) is 6.26 Å². The van der Waals surface area contributed by atoms with Gasteiger partial charge in [-0.15, -0.1) is 0 Å². The molecule has 24 heavy (non-hydrogen) atoms. The number of hydrogen-bond donors (Lipinski definition) is 0. The zero-order valence-corrected chi connectivity index (χ0v) is 15.0. The van der Waals surface area contributed by atoms with Gasteiger partial charge in [0.2, 0.25) is 5.91 Å². The van der Waals surface area contributed by atoms with Crippen LogP contribution in [0.3, 0.4) is 0 Å². The molecule has 0 unspecified atom stereocenters. The minimum absolute atomic E-state index is 0.0934. The molecule has 6 nitrogen and oxygen atoms in total. The lowest BCUT2D eigenvalue weighted by Gasteiger charge is -2.22. The van der Waals surface area contributed by atoms with Gasteiger partial charge in [0.25, 0.3) is 0 Å². The van der Waals surface area contributed by atoms with Crippen LogP contribution in [0.15, 0.2) is 30.3 Å². The standard InChI is InChI=1S/C17H26N2O4S/c1-24(21,22)15-13-18-9-5-10-19(12-11-18)17(20)8-14-23-16-6-3-2-4-7-16/h2-4,6-7H,5,8-15H2,1H3. The first-order valence-corrected chi connectivity index (χ1v) is 10.4. The Morgan fingerprint density at radius 1 is 1.12 bits per heavy atom. The van der Waals surface area contributed by atoms with E-state index in [4.69, 9.17) is 4.74 Å². The minimum Gasteiger partial charge on any atom is -0.493 e. The van der Waals surface area contributed by atoms with Gasteiger partial charge in [-0.1, -0.05) is 18.2 Å². The first kappa shape index (κ1) is 18.7. The molecule has 1 amide bonds. The highest BCUT2D eigenvalue weighted by Crippen LogP contribution is 2.10. The highest BCUT2D eigenvalue weighted by Gasteiger charge is 2.19. The molecule has 0 radical (unpaired) electrons. The Labute approximate surface area is 144 Å². The highest BCUT2D eigenvalue weighted by atomic mass is 32.2. The number of para-hydroxylation sites is 1. The molecule has 1 aliphatic heterocycles. The molecule has 134 valence electrons. The molecule has 1 heterocycles. The third kappa shape index (κ3) is 6.88. The Kier molecular flexibility index (Phi) is 7.05. The third-order valence-corrected chi connectivity index (χ3v) is 4.97. The van der Waals surface area contributed by atoms with E-state index in [2.05, 4.69) is 4.90 Å². The maximum absolute atomic E-state index is 12.3. The average Bonchev–Trinajstić information content (AvgIpc) is 2.79. The Bertz CT molecular complexity index is 619. The lowest BCUT2D eigenvalue weighted by atomic mass is 10.3. The van der Waals surface area contributed by atoms with Crippen molar-refractivity contribution in [3.05, 3.63) is 30.3 Å². The molecule has 1 aromatic carbocycles. The predicted molar refractivity (Wildman–Crippen MR) is 93.9 cm³/mol. The molecule has 1 saturated heterocycles. The average molecular weight is 354 g/mol. The van der Waals surface area contributed by atoms with Crippen molar-refractivity contribution in [2.45, 2.75) is 12.8 Å². The SMILES string of the molecule is CS(=O)(=O)CCN1CCCN(C(=O)CCOc2ccccc2)CC1. The van der Waals surface area contributed by atoms with Crippen LogP contribution in [0.2, 0.25) is 0 Å². The second-order valence-electron chi connectivity index (χ2n) is 6.12. The van der Waals surface area contributed by atoms with Crippen LogP contribution in [0.1, 0.15) is 12.8 Å². The largest absolute Gasteiger partial charge is 0.493 e. The van der Waals surface area contributed by atoms with Crippen LogP contribution in [-0.4, -0.2) is 75.5 Å². The van der Waals surface area contributed by atoms with Crippen LogP contribution in [-0.2, 0) is 14.6 Å². The second kappa shape index (κ2) is 9.03. The molecule has 0 aromatic heterocycles. The summed E-state index contributed by atoms with van der Waals surface area (Å²) in [4.78, 5) is 16.3. The fourth-order valence-corrected chi connectivity index (χ4v) is 3.26. The maximum atomic E-state index is 12.3. The number of hydrogen-bond acceptors (Lipinski definition) is 5. The number of rotatable bonds is 7. The number of carbonyl (C=O) groups excluding carboxylic acids is 1. The zero-order valence-electron chi connectivity index (χ0n) is 14.2. The van der Waals surface area contributed by atoms with Gasteiger partial charge in [-0.25, -0.2) is 8.42 Å². The molecule has 0 N–H and O–H groups in total. The summed E-state index contributed by atoms with van der Waals surface area (Å²) in [6, 6.07) is 9.46. The number of sulfone groups is 1. The molecule has 1 fully saturated rings. The third-order valence-electron chi connectivity index (χ3n) is 4.05. The lowest BCUT2D eigenvalue weighted by molar-refractivity contribution is -0.131. The topological polar surface area (TPSA) is 66.9 Å². The summed E-state index contributed by atoms with van der Waals surface area (Å²) in [5, 5.41) is 0. The van der Waals surface area contributed by atoms with Crippen molar-refractivity contribution < 1.29 is 17.9 Å². The molecule has 1 aromatic rings. The van der Waals surface area contributed by atoms with E-state index in [1.807, 2.05) is 35.2 Å². The van der Waals surface area contributed by atoms with Gasteiger partial charge in [0.15, 0.2) is 0 Å². The molecular weight excluding hydrogens is 328 g/mol. The Hall–Kier alpha value is -1.60. The van der Waals surface area contributed by atoms with Gasteiger partial charge in [0, 0.05) is 32.4 Å². The summed E-state index contributed by atoms with van der Waals surface area (Å²) in [6.45, 7) is 3.84. The van der Waals surface area contributed by atoms with Crippen LogP contribution in [0, 0.1) is 0 Å². The van der Waals surface area contributed by atoms with E-state index < -0.39 is 9.84 Å². The van der Waals surface area contributed by atoms with Gasteiger partial charge in [-0.05, 0) is 25.1 Å². The van der Waals surface area contributed by atoms with Crippen LogP contribution in [0.25, 0.3) is 0 Å². The van der Waals surface area contributed by atoms with Crippen molar-refractivity contribution >= 4 is 15.7 Å². The van der Waals surface area contributed by atoms with Gasteiger partial charge in [-0.2, -0.15) is 0 Å². The van der Waals surface area contributed by atoms with Gasteiger partial charge < -0.3 is 14.5 Å². The molecule has 0 atom stereocenters. The maximum Gasteiger partial charge on any atom is 0.226 e. The molecule has 0 aliphatic carbocycles. The first-order chi connectivity index (χ1) is 11.4. The van der Waals surface area contributed by atoms with Gasteiger partial charge in [0.1, 0.15) is 15.6 Å². The van der Waals surface area contributed by atoms with E-state index in [1.54, 1.807) is 0 Å². The van der Waals surface area contributed by atoms with Crippen LogP contribution in [0.5, 0.6) is 5.75 Å². The van der Waals surface area contributed by atoms with Crippen molar-refractivity contribution in [3.8, 4) is 5.75 Å². The number of ether oxygens (including phenoxy) is 1.